The molecule has 0 fully saturated rings. The molecule has 0 spiro atoms. The van der Waals surface area contributed by atoms with E-state index < -0.39 is 0 Å². The first-order valence-corrected chi connectivity index (χ1v) is 5.51. The van der Waals surface area contributed by atoms with Crippen molar-refractivity contribution in [1.82, 2.24) is 9.55 Å². The van der Waals surface area contributed by atoms with Gasteiger partial charge >= 0.3 is 0 Å². The first kappa shape index (κ1) is 10.4. The van der Waals surface area contributed by atoms with Crippen LogP contribution in [-0.2, 0) is 0 Å². The molecule has 2 aromatic rings. The molecule has 0 saturated heterocycles. The summed E-state index contributed by atoms with van der Waals surface area (Å²) in [7, 11) is 0. The maximum absolute atomic E-state index is 5.86. The number of nitrogens with two attached hydrogens (primary N) is 1. The second-order valence-electron chi connectivity index (χ2n) is 3.45. The van der Waals surface area contributed by atoms with E-state index in [4.69, 9.17) is 5.73 Å². The first-order valence-electron chi connectivity index (χ1n) is 4.72. The van der Waals surface area contributed by atoms with Crippen molar-refractivity contribution in [2.24, 2.45) is 5.73 Å². The normalized spacial score (nSPS) is 12.7. The van der Waals surface area contributed by atoms with Crippen LogP contribution in [0.25, 0.3) is 5.69 Å². The Morgan fingerprint density at radius 3 is 2.60 bits per heavy atom. The van der Waals surface area contributed by atoms with Crippen LogP contribution in [-0.4, -0.2) is 9.55 Å². The minimum atomic E-state index is -0.0175. The van der Waals surface area contributed by atoms with Crippen molar-refractivity contribution in [3.8, 4) is 5.69 Å². The molecule has 1 atom stereocenters. The molecule has 15 heavy (non-hydrogen) atoms. The van der Waals surface area contributed by atoms with Gasteiger partial charge in [0.15, 0.2) is 0 Å². The second kappa shape index (κ2) is 4.16. The van der Waals surface area contributed by atoms with Gasteiger partial charge in [-0.05, 0) is 31.2 Å². The van der Waals surface area contributed by atoms with E-state index in [1.54, 1.807) is 12.5 Å². The highest BCUT2D eigenvalue weighted by atomic mass is 79.9. The third kappa shape index (κ3) is 2.11. The summed E-state index contributed by atoms with van der Waals surface area (Å²) in [4.78, 5) is 4.11. The Labute approximate surface area is 97.1 Å². The number of hydrogen-bond donors (Lipinski definition) is 1. The van der Waals surface area contributed by atoms with Crippen LogP contribution in [0.4, 0.5) is 0 Å². The van der Waals surface area contributed by atoms with E-state index >= 15 is 0 Å². The number of aromatic nitrogens is 2. The molecule has 2 rings (SSSR count). The van der Waals surface area contributed by atoms with Gasteiger partial charge in [-0.3, -0.25) is 0 Å². The van der Waals surface area contributed by atoms with Gasteiger partial charge in [0.25, 0.3) is 0 Å². The van der Waals surface area contributed by atoms with Gasteiger partial charge in [0.05, 0.1) is 18.2 Å². The smallest absolute Gasteiger partial charge is 0.0994 e. The number of halogens is 1. The molecule has 2 N–H and O–H groups in total. The lowest BCUT2D eigenvalue weighted by atomic mass is 10.2. The van der Waals surface area contributed by atoms with E-state index in [0.717, 1.165) is 15.9 Å². The van der Waals surface area contributed by atoms with Crippen molar-refractivity contribution in [2.75, 3.05) is 0 Å². The van der Waals surface area contributed by atoms with Crippen molar-refractivity contribution < 1.29 is 0 Å². The summed E-state index contributed by atoms with van der Waals surface area (Å²) in [5, 5.41) is 0. The summed E-state index contributed by atoms with van der Waals surface area (Å²) < 4.78 is 3.06. The van der Waals surface area contributed by atoms with Crippen LogP contribution in [0.3, 0.4) is 0 Å². The van der Waals surface area contributed by atoms with Gasteiger partial charge in [0.2, 0.25) is 0 Å². The largest absolute Gasteiger partial charge is 0.323 e. The zero-order valence-corrected chi connectivity index (χ0v) is 9.98. The zero-order chi connectivity index (χ0) is 10.8. The summed E-state index contributed by atoms with van der Waals surface area (Å²) in [6.45, 7) is 1.95. The number of hydrogen-bond acceptors (Lipinski definition) is 2. The lowest BCUT2D eigenvalue weighted by molar-refractivity contribution is 0.752. The SMILES string of the molecule is CC(N)c1cncn1-c1ccc(Br)cc1. The molecular formula is C11H12BrN3. The Morgan fingerprint density at radius 1 is 1.33 bits per heavy atom. The van der Waals surface area contributed by atoms with E-state index in [0.29, 0.717) is 0 Å². The predicted octanol–water partition coefficient (Wildman–Crippen LogP) is 2.65. The number of rotatable bonds is 2. The van der Waals surface area contributed by atoms with Gasteiger partial charge in [0.1, 0.15) is 0 Å². The van der Waals surface area contributed by atoms with Gasteiger partial charge in [-0.15, -0.1) is 0 Å². The van der Waals surface area contributed by atoms with Crippen LogP contribution in [0, 0.1) is 0 Å². The molecule has 0 radical (unpaired) electrons. The van der Waals surface area contributed by atoms with Crippen molar-refractivity contribution in [3.05, 3.63) is 47.0 Å². The van der Waals surface area contributed by atoms with E-state index in [1.807, 2.05) is 35.8 Å². The molecule has 0 amide bonds. The molecule has 4 heteroatoms. The molecule has 78 valence electrons. The molecule has 0 bridgehead atoms. The summed E-state index contributed by atoms with van der Waals surface area (Å²) in [5.74, 6) is 0. The molecule has 1 heterocycles. The average molecular weight is 266 g/mol. The van der Waals surface area contributed by atoms with Crippen LogP contribution < -0.4 is 5.73 Å². The van der Waals surface area contributed by atoms with Crippen LogP contribution in [0.5, 0.6) is 0 Å². The molecule has 1 aromatic heterocycles. The van der Waals surface area contributed by atoms with E-state index in [1.165, 1.54) is 0 Å². The number of benzene rings is 1. The molecular weight excluding hydrogens is 254 g/mol. The topological polar surface area (TPSA) is 43.8 Å². The highest BCUT2D eigenvalue weighted by molar-refractivity contribution is 9.10. The highest BCUT2D eigenvalue weighted by Gasteiger charge is 2.07. The van der Waals surface area contributed by atoms with Gasteiger partial charge in [-0.25, -0.2) is 4.98 Å². The fourth-order valence-electron chi connectivity index (χ4n) is 1.46. The lowest BCUT2D eigenvalue weighted by Gasteiger charge is -2.10. The van der Waals surface area contributed by atoms with Gasteiger partial charge in [-0.2, -0.15) is 0 Å². The molecule has 1 unspecified atom stereocenters. The maximum Gasteiger partial charge on any atom is 0.0994 e. The number of imidazole rings is 1. The Bertz CT molecular complexity index is 445. The lowest BCUT2D eigenvalue weighted by Crippen LogP contribution is -2.10. The standard InChI is InChI=1S/C11H12BrN3/c1-8(13)11-6-14-7-15(11)10-4-2-9(12)3-5-10/h2-8H,13H2,1H3. The van der Waals surface area contributed by atoms with Crippen LogP contribution in [0.15, 0.2) is 41.3 Å². The Balaban J connectivity index is 2.45. The van der Waals surface area contributed by atoms with Gasteiger partial charge in [-0.1, -0.05) is 15.9 Å². The van der Waals surface area contributed by atoms with Crippen molar-refractivity contribution >= 4 is 15.9 Å². The van der Waals surface area contributed by atoms with Crippen LogP contribution in [0.2, 0.25) is 0 Å². The van der Waals surface area contributed by atoms with E-state index in [2.05, 4.69) is 20.9 Å². The second-order valence-corrected chi connectivity index (χ2v) is 4.37. The summed E-state index contributed by atoms with van der Waals surface area (Å²) in [6, 6.07) is 8.03. The molecule has 3 nitrogen and oxygen atoms in total. The minimum Gasteiger partial charge on any atom is -0.323 e. The summed E-state index contributed by atoms with van der Waals surface area (Å²) >= 11 is 3.41. The molecule has 0 saturated carbocycles. The molecule has 0 aliphatic heterocycles. The molecule has 1 aromatic carbocycles. The molecule has 0 aliphatic carbocycles. The average Bonchev–Trinajstić information content (AvgIpc) is 2.67. The molecule has 0 aliphatic rings. The highest BCUT2D eigenvalue weighted by Crippen LogP contribution is 2.18. The monoisotopic (exact) mass is 265 g/mol. The van der Waals surface area contributed by atoms with Crippen molar-refractivity contribution in [2.45, 2.75) is 13.0 Å². The van der Waals surface area contributed by atoms with Crippen LogP contribution >= 0.6 is 15.9 Å². The van der Waals surface area contributed by atoms with Crippen LogP contribution in [0.1, 0.15) is 18.7 Å². The number of nitrogens with zero attached hydrogens (tertiary/aromatic N) is 2. The third-order valence-electron chi connectivity index (χ3n) is 2.24. The van der Waals surface area contributed by atoms with Crippen molar-refractivity contribution in [1.29, 1.82) is 0 Å². The predicted molar refractivity (Wildman–Crippen MR) is 63.9 cm³/mol. The van der Waals surface area contributed by atoms with Gasteiger partial charge < -0.3 is 10.3 Å². The third-order valence-corrected chi connectivity index (χ3v) is 2.77. The van der Waals surface area contributed by atoms with E-state index in [9.17, 15) is 0 Å². The quantitative estimate of drug-likeness (QED) is 0.908. The first-order chi connectivity index (χ1) is 7.18. The Kier molecular flexibility index (Phi) is 2.88. The minimum absolute atomic E-state index is 0.0175. The fourth-order valence-corrected chi connectivity index (χ4v) is 1.72. The van der Waals surface area contributed by atoms with Crippen molar-refractivity contribution in [3.63, 3.8) is 0 Å². The summed E-state index contributed by atoms with van der Waals surface area (Å²) in [5.41, 5.74) is 7.94. The fraction of sp³-hybridized carbons (Fsp3) is 0.182. The Morgan fingerprint density at radius 2 is 2.00 bits per heavy atom. The summed E-state index contributed by atoms with van der Waals surface area (Å²) in [6.07, 6.45) is 3.58. The maximum atomic E-state index is 5.86. The van der Waals surface area contributed by atoms with E-state index in [-0.39, 0.29) is 6.04 Å². The zero-order valence-electron chi connectivity index (χ0n) is 8.39. The Hall–Kier alpha value is -1.13. The van der Waals surface area contributed by atoms with Gasteiger partial charge in [0, 0.05) is 16.2 Å².